The highest BCUT2D eigenvalue weighted by atomic mass is 16.2. The molecule has 158 valence electrons. The molecule has 2 fully saturated rings. The maximum atomic E-state index is 12.8. The monoisotopic (exact) mass is 406 g/mol. The normalized spacial score (nSPS) is 19.4. The van der Waals surface area contributed by atoms with Crippen molar-refractivity contribution in [1.82, 2.24) is 15.2 Å². The van der Waals surface area contributed by atoms with E-state index in [1.165, 1.54) is 25.7 Å². The van der Waals surface area contributed by atoms with E-state index in [1.807, 2.05) is 36.5 Å². The number of pyridine rings is 1. The summed E-state index contributed by atoms with van der Waals surface area (Å²) in [6.45, 7) is 3.18. The Morgan fingerprint density at radius 1 is 0.933 bits per heavy atom. The van der Waals surface area contributed by atoms with Crippen LogP contribution < -0.4 is 10.2 Å². The highest BCUT2D eigenvalue weighted by molar-refractivity contribution is 5.97. The zero-order valence-corrected chi connectivity index (χ0v) is 17.4. The zero-order valence-electron chi connectivity index (χ0n) is 17.4. The molecule has 2 amide bonds. The molecular formula is C24H30N4O2. The minimum Gasteiger partial charge on any atom is -0.357 e. The molecule has 4 rings (SSSR count). The molecule has 1 N–H and O–H groups in total. The summed E-state index contributed by atoms with van der Waals surface area (Å²) in [4.78, 5) is 34.2. The predicted octanol–water partition coefficient (Wildman–Crippen LogP) is 3.38. The van der Waals surface area contributed by atoms with Crippen LogP contribution in [0.25, 0.3) is 0 Å². The molecule has 2 aliphatic rings. The lowest BCUT2D eigenvalue weighted by Gasteiger charge is -2.24. The number of carbonyl (C=O) groups is 2. The molecule has 0 spiro atoms. The summed E-state index contributed by atoms with van der Waals surface area (Å²) in [7, 11) is 0. The second kappa shape index (κ2) is 9.74. The predicted molar refractivity (Wildman–Crippen MR) is 117 cm³/mol. The van der Waals surface area contributed by atoms with Crippen molar-refractivity contribution in [3.8, 4) is 0 Å². The fourth-order valence-electron chi connectivity index (χ4n) is 4.34. The molecule has 0 saturated carbocycles. The summed E-state index contributed by atoms with van der Waals surface area (Å²) in [5, 5.41) is 3.00. The van der Waals surface area contributed by atoms with Crippen LogP contribution in [0.15, 0.2) is 48.7 Å². The smallest absolute Gasteiger partial charge is 0.254 e. The molecule has 2 aromatic rings. The van der Waals surface area contributed by atoms with Gasteiger partial charge in [0.25, 0.3) is 5.91 Å². The van der Waals surface area contributed by atoms with Crippen LogP contribution >= 0.6 is 0 Å². The van der Waals surface area contributed by atoms with Crippen LogP contribution in [0.3, 0.4) is 0 Å². The van der Waals surface area contributed by atoms with Crippen LogP contribution in [0.4, 0.5) is 5.82 Å². The van der Waals surface area contributed by atoms with Gasteiger partial charge in [-0.15, -0.1) is 0 Å². The van der Waals surface area contributed by atoms with Gasteiger partial charge in [0.05, 0.1) is 0 Å². The summed E-state index contributed by atoms with van der Waals surface area (Å²) >= 11 is 0. The van der Waals surface area contributed by atoms with Gasteiger partial charge in [-0.1, -0.05) is 37.1 Å². The third-order valence-electron chi connectivity index (χ3n) is 6.04. The van der Waals surface area contributed by atoms with Crippen molar-refractivity contribution in [2.24, 2.45) is 0 Å². The SMILES string of the molecule is O=C(NCc1ccc(N2CCCCCC2)nc1)C1CCCN1C(=O)c1ccccc1. The number of hydrogen-bond acceptors (Lipinski definition) is 4. The van der Waals surface area contributed by atoms with Crippen molar-refractivity contribution in [1.29, 1.82) is 0 Å². The summed E-state index contributed by atoms with van der Waals surface area (Å²) in [6.07, 6.45) is 8.44. The summed E-state index contributed by atoms with van der Waals surface area (Å²) in [6, 6.07) is 12.9. The quantitative estimate of drug-likeness (QED) is 0.827. The van der Waals surface area contributed by atoms with Gasteiger partial charge in [0.1, 0.15) is 11.9 Å². The first-order chi connectivity index (χ1) is 14.7. The molecule has 0 radical (unpaired) electrons. The zero-order chi connectivity index (χ0) is 20.8. The number of carbonyl (C=O) groups excluding carboxylic acids is 2. The van der Waals surface area contributed by atoms with E-state index in [0.29, 0.717) is 25.1 Å². The van der Waals surface area contributed by atoms with E-state index in [9.17, 15) is 9.59 Å². The van der Waals surface area contributed by atoms with Crippen LogP contribution in [0, 0.1) is 0 Å². The number of rotatable bonds is 5. The Hall–Kier alpha value is -2.89. The van der Waals surface area contributed by atoms with Crippen molar-refractivity contribution in [3.05, 3.63) is 59.8 Å². The Labute approximate surface area is 178 Å². The van der Waals surface area contributed by atoms with E-state index in [1.54, 1.807) is 17.0 Å². The maximum absolute atomic E-state index is 12.8. The van der Waals surface area contributed by atoms with Crippen LogP contribution in [-0.4, -0.2) is 47.4 Å². The van der Waals surface area contributed by atoms with E-state index in [0.717, 1.165) is 30.9 Å². The van der Waals surface area contributed by atoms with Crippen molar-refractivity contribution >= 4 is 17.6 Å². The van der Waals surface area contributed by atoms with Gasteiger partial charge in [0.2, 0.25) is 5.91 Å². The third kappa shape index (κ3) is 4.81. The van der Waals surface area contributed by atoms with E-state index in [2.05, 4.69) is 15.2 Å². The number of anilines is 1. The molecule has 0 bridgehead atoms. The first-order valence-corrected chi connectivity index (χ1v) is 11.1. The summed E-state index contributed by atoms with van der Waals surface area (Å²) < 4.78 is 0. The van der Waals surface area contributed by atoms with Crippen molar-refractivity contribution in [3.63, 3.8) is 0 Å². The van der Waals surface area contributed by atoms with E-state index in [-0.39, 0.29) is 11.8 Å². The number of aromatic nitrogens is 1. The van der Waals surface area contributed by atoms with Gasteiger partial charge in [-0.05, 0) is 49.4 Å². The highest BCUT2D eigenvalue weighted by Crippen LogP contribution is 2.21. The van der Waals surface area contributed by atoms with Gasteiger partial charge in [-0.25, -0.2) is 4.98 Å². The molecule has 1 unspecified atom stereocenters. The fraction of sp³-hybridized carbons (Fsp3) is 0.458. The topological polar surface area (TPSA) is 65.5 Å². The molecule has 2 saturated heterocycles. The number of likely N-dealkylation sites (tertiary alicyclic amines) is 1. The lowest BCUT2D eigenvalue weighted by Crippen LogP contribution is -2.45. The van der Waals surface area contributed by atoms with Gasteiger partial charge in [0.15, 0.2) is 0 Å². The Balaban J connectivity index is 1.33. The molecule has 6 heteroatoms. The van der Waals surface area contributed by atoms with Gasteiger partial charge in [-0.3, -0.25) is 9.59 Å². The van der Waals surface area contributed by atoms with E-state index in [4.69, 9.17) is 0 Å². The molecule has 30 heavy (non-hydrogen) atoms. The Bertz CT molecular complexity index is 845. The standard InChI is InChI=1S/C24H30N4O2/c29-23(21-11-8-16-28(21)24(30)20-9-4-3-5-10-20)26-18-19-12-13-22(25-17-19)27-14-6-1-2-7-15-27/h3-5,9-10,12-13,17,21H,1-2,6-8,11,14-16,18H2,(H,26,29). The number of nitrogens with zero attached hydrogens (tertiary/aromatic N) is 3. The van der Waals surface area contributed by atoms with E-state index >= 15 is 0 Å². The van der Waals surface area contributed by atoms with E-state index < -0.39 is 6.04 Å². The third-order valence-corrected chi connectivity index (χ3v) is 6.04. The fourth-order valence-corrected chi connectivity index (χ4v) is 4.34. The summed E-state index contributed by atoms with van der Waals surface area (Å²) in [5.41, 5.74) is 1.60. The largest absolute Gasteiger partial charge is 0.357 e. The van der Waals surface area contributed by atoms with Gasteiger partial charge >= 0.3 is 0 Å². The molecule has 0 aliphatic carbocycles. The number of benzene rings is 1. The molecule has 1 aromatic carbocycles. The molecule has 1 atom stereocenters. The minimum atomic E-state index is -0.401. The number of nitrogens with one attached hydrogen (secondary N) is 1. The number of amides is 2. The Kier molecular flexibility index (Phi) is 6.62. The van der Waals surface area contributed by atoms with Gasteiger partial charge < -0.3 is 15.1 Å². The second-order valence-electron chi connectivity index (χ2n) is 8.17. The molecule has 3 heterocycles. The minimum absolute atomic E-state index is 0.0725. The van der Waals surface area contributed by atoms with Gasteiger partial charge in [0, 0.05) is 37.9 Å². The van der Waals surface area contributed by atoms with Crippen molar-refractivity contribution in [2.45, 2.75) is 51.1 Å². The second-order valence-corrected chi connectivity index (χ2v) is 8.17. The first-order valence-electron chi connectivity index (χ1n) is 11.1. The maximum Gasteiger partial charge on any atom is 0.254 e. The average molecular weight is 407 g/mol. The van der Waals surface area contributed by atoms with Crippen molar-refractivity contribution < 1.29 is 9.59 Å². The molecule has 2 aliphatic heterocycles. The molecule has 1 aromatic heterocycles. The van der Waals surface area contributed by atoms with Crippen LogP contribution in [0.5, 0.6) is 0 Å². The lowest BCUT2D eigenvalue weighted by atomic mass is 10.1. The van der Waals surface area contributed by atoms with Crippen LogP contribution in [0.1, 0.15) is 54.4 Å². The molecular weight excluding hydrogens is 376 g/mol. The van der Waals surface area contributed by atoms with Crippen molar-refractivity contribution in [2.75, 3.05) is 24.5 Å². The Morgan fingerprint density at radius 2 is 1.70 bits per heavy atom. The highest BCUT2D eigenvalue weighted by Gasteiger charge is 2.34. The lowest BCUT2D eigenvalue weighted by molar-refractivity contribution is -0.125. The number of hydrogen-bond donors (Lipinski definition) is 1. The van der Waals surface area contributed by atoms with Crippen LogP contribution in [0.2, 0.25) is 0 Å². The van der Waals surface area contributed by atoms with Crippen LogP contribution in [-0.2, 0) is 11.3 Å². The first kappa shape index (κ1) is 20.4. The average Bonchev–Trinajstić information content (AvgIpc) is 3.13. The van der Waals surface area contributed by atoms with Gasteiger partial charge in [-0.2, -0.15) is 0 Å². The Morgan fingerprint density at radius 3 is 2.40 bits per heavy atom. The molecule has 6 nitrogen and oxygen atoms in total. The summed E-state index contributed by atoms with van der Waals surface area (Å²) in [5.74, 6) is 0.854.